The van der Waals surface area contributed by atoms with Crippen molar-refractivity contribution in [1.29, 1.82) is 0 Å². The number of carbonyl (C=O) groups excluding carboxylic acids is 2. The van der Waals surface area contributed by atoms with Gasteiger partial charge in [0, 0.05) is 13.0 Å². The minimum Gasteiger partial charge on any atom is -0.376 e. The number of nitrogens with one attached hydrogen (secondary N) is 1. The molecule has 1 aromatic rings. The summed E-state index contributed by atoms with van der Waals surface area (Å²) in [6.45, 7) is 1.09. The van der Waals surface area contributed by atoms with Crippen LogP contribution in [0.25, 0.3) is 0 Å². The van der Waals surface area contributed by atoms with Crippen LogP contribution in [0.4, 0.5) is 4.79 Å². The highest BCUT2D eigenvalue weighted by molar-refractivity contribution is 6.04. The number of nitrogens with zero attached hydrogens (tertiary/aromatic N) is 1. The standard InChI is InChI=1S/C15H18N2O3/c18-14-13(9-11-5-2-1-3-6-11)16-15(19)17(14)10-12-7-4-8-20-12/h1-3,5-6,12-13H,4,7-10H2,(H,16,19)/t12-,13+/m1/s1. The molecule has 0 spiro atoms. The molecule has 3 rings (SSSR count). The monoisotopic (exact) mass is 274 g/mol. The van der Waals surface area contributed by atoms with Gasteiger partial charge in [-0.25, -0.2) is 4.79 Å². The van der Waals surface area contributed by atoms with E-state index in [1.165, 1.54) is 4.90 Å². The number of carbonyl (C=O) groups is 2. The van der Waals surface area contributed by atoms with E-state index in [2.05, 4.69) is 5.32 Å². The molecule has 2 aliphatic rings. The lowest BCUT2D eigenvalue weighted by Gasteiger charge is -2.17. The molecule has 2 saturated heterocycles. The van der Waals surface area contributed by atoms with E-state index in [-0.39, 0.29) is 18.0 Å². The number of benzene rings is 1. The average Bonchev–Trinajstić information content (AvgIpc) is 3.05. The normalized spacial score (nSPS) is 26.1. The highest BCUT2D eigenvalue weighted by atomic mass is 16.5. The molecule has 1 aromatic carbocycles. The van der Waals surface area contributed by atoms with Crippen LogP contribution >= 0.6 is 0 Å². The first-order chi connectivity index (χ1) is 9.74. The average molecular weight is 274 g/mol. The van der Waals surface area contributed by atoms with Gasteiger partial charge in [0.2, 0.25) is 0 Å². The Bertz CT molecular complexity index is 497. The summed E-state index contributed by atoms with van der Waals surface area (Å²) in [5.41, 5.74) is 1.05. The third-order valence-electron chi connectivity index (χ3n) is 3.80. The minimum absolute atomic E-state index is 0.000162. The molecule has 5 nitrogen and oxygen atoms in total. The Morgan fingerprint density at radius 1 is 1.25 bits per heavy atom. The van der Waals surface area contributed by atoms with Gasteiger partial charge in [-0.05, 0) is 18.4 Å². The molecule has 0 unspecified atom stereocenters. The van der Waals surface area contributed by atoms with E-state index in [0.717, 1.165) is 25.0 Å². The van der Waals surface area contributed by atoms with Crippen molar-refractivity contribution in [2.45, 2.75) is 31.4 Å². The van der Waals surface area contributed by atoms with Crippen molar-refractivity contribution in [3.8, 4) is 0 Å². The summed E-state index contributed by atoms with van der Waals surface area (Å²) in [6.07, 6.45) is 2.45. The summed E-state index contributed by atoms with van der Waals surface area (Å²) in [4.78, 5) is 25.5. The Kier molecular flexibility index (Phi) is 3.69. The van der Waals surface area contributed by atoms with Crippen LogP contribution in [0.5, 0.6) is 0 Å². The lowest BCUT2D eigenvalue weighted by molar-refractivity contribution is -0.128. The van der Waals surface area contributed by atoms with Crippen molar-refractivity contribution in [2.75, 3.05) is 13.2 Å². The summed E-state index contributed by atoms with van der Waals surface area (Å²) in [7, 11) is 0. The number of urea groups is 1. The molecule has 2 atom stereocenters. The lowest BCUT2D eigenvalue weighted by atomic mass is 10.1. The zero-order valence-corrected chi connectivity index (χ0v) is 11.2. The van der Waals surface area contributed by atoms with E-state index in [1.54, 1.807) is 0 Å². The first-order valence-electron chi connectivity index (χ1n) is 7.01. The van der Waals surface area contributed by atoms with Gasteiger partial charge in [-0.2, -0.15) is 0 Å². The number of ether oxygens (including phenoxy) is 1. The predicted molar refractivity (Wildman–Crippen MR) is 73.2 cm³/mol. The largest absolute Gasteiger partial charge is 0.376 e. The highest BCUT2D eigenvalue weighted by Gasteiger charge is 2.39. The van der Waals surface area contributed by atoms with Crippen molar-refractivity contribution in [3.63, 3.8) is 0 Å². The second-order valence-electron chi connectivity index (χ2n) is 5.28. The maximum absolute atomic E-state index is 12.3. The molecule has 2 aliphatic heterocycles. The number of rotatable bonds is 4. The Labute approximate surface area is 117 Å². The van der Waals surface area contributed by atoms with Crippen LogP contribution in [0.1, 0.15) is 18.4 Å². The molecule has 20 heavy (non-hydrogen) atoms. The van der Waals surface area contributed by atoms with Crippen LogP contribution in [-0.2, 0) is 16.0 Å². The van der Waals surface area contributed by atoms with Crippen LogP contribution in [-0.4, -0.2) is 42.1 Å². The maximum Gasteiger partial charge on any atom is 0.324 e. The van der Waals surface area contributed by atoms with Gasteiger partial charge in [0.05, 0.1) is 12.6 Å². The van der Waals surface area contributed by atoms with Gasteiger partial charge in [0.1, 0.15) is 6.04 Å². The first-order valence-corrected chi connectivity index (χ1v) is 7.01. The summed E-state index contributed by atoms with van der Waals surface area (Å²) in [5, 5.41) is 2.76. The van der Waals surface area contributed by atoms with Gasteiger partial charge < -0.3 is 10.1 Å². The topological polar surface area (TPSA) is 58.6 Å². The van der Waals surface area contributed by atoms with Crippen molar-refractivity contribution < 1.29 is 14.3 Å². The zero-order valence-electron chi connectivity index (χ0n) is 11.2. The third-order valence-corrected chi connectivity index (χ3v) is 3.80. The summed E-state index contributed by atoms with van der Waals surface area (Å²) >= 11 is 0. The second-order valence-corrected chi connectivity index (χ2v) is 5.28. The maximum atomic E-state index is 12.3. The molecular weight excluding hydrogens is 256 g/mol. The molecular formula is C15H18N2O3. The predicted octanol–water partition coefficient (Wildman–Crippen LogP) is 1.33. The Hall–Kier alpha value is -1.88. The number of amides is 3. The van der Waals surface area contributed by atoms with E-state index in [9.17, 15) is 9.59 Å². The van der Waals surface area contributed by atoms with Crippen LogP contribution in [0.2, 0.25) is 0 Å². The van der Waals surface area contributed by atoms with Crippen molar-refractivity contribution in [3.05, 3.63) is 35.9 Å². The second kappa shape index (κ2) is 5.63. The zero-order chi connectivity index (χ0) is 13.9. The van der Waals surface area contributed by atoms with Crippen LogP contribution in [0.3, 0.4) is 0 Å². The summed E-state index contributed by atoms with van der Waals surface area (Å²) < 4.78 is 5.49. The molecule has 5 heteroatoms. The molecule has 2 fully saturated rings. The van der Waals surface area contributed by atoms with Crippen LogP contribution < -0.4 is 5.32 Å². The Morgan fingerprint density at radius 3 is 2.75 bits per heavy atom. The summed E-state index contributed by atoms with van der Waals surface area (Å²) in [5.74, 6) is -0.144. The fourth-order valence-electron chi connectivity index (χ4n) is 2.73. The van der Waals surface area contributed by atoms with Gasteiger partial charge in [0.25, 0.3) is 5.91 Å². The van der Waals surface area contributed by atoms with Crippen molar-refractivity contribution in [1.82, 2.24) is 10.2 Å². The van der Waals surface area contributed by atoms with Crippen LogP contribution in [0, 0.1) is 0 Å². The summed E-state index contributed by atoms with van der Waals surface area (Å²) in [6, 6.07) is 8.96. The molecule has 2 heterocycles. The lowest BCUT2D eigenvalue weighted by Crippen LogP contribution is -2.38. The quantitative estimate of drug-likeness (QED) is 0.843. The number of hydrogen-bond acceptors (Lipinski definition) is 3. The molecule has 1 N–H and O–H groups in total. The Balaban J connectivity index is 1.64. The molecule has 0 bridgehead atoms. The molecule has 0 aliphatic carbocycles. The van der Waals surface area contributed by atoms with Gasteiger partial charge >= 0.3 is 6.03 Å². The fourth-order valence-corrected chi connectivity index (χ4v) is 2.73. The first kappa shape index (κ1) is 13.1. The number of hydrogen-bond donors (Lipinski definition) is 1. The van der Waals surface area contributed by atoms with E-state index in [0.29, 0.717) is 13.0 Å². The van der Waals surface area contributed by atoms with Gasteiger partial charge in [-0.15, -0.1) is 0 Å². The molecule has 0 radical (unpaired) electrons. The molecule has 3 amide bonds. The molecule has 106 valence electrons. The fraction of sp³-hybridized carbons (Fsp3) is 0.467. The molecule has 0 aromatic heterocycles. The van der Waals surface area contributed by atoms with Crippen LogP contribution in [0.15, 0.2) is 30.3 Å². The van der Waals surface area contributed by atoms with E-state index in [1.807, 2.05) is 30.3 Å². The van der Waals surface area contributed by atoms with Crippen molar-refractivity contribution >= 4 is 11.9 Å². The third kappa shape index (κ3) is 2.67. The minimum atomic E-state index is -0.452. The highest BCUT2D eigenvalue weighted by Crippen LogP contribution is 2.17. The molecule has 0 saturated carbocycles. The van der Waals surface area contributed by atoms with Gasteiger partial charge in [0.15, 0.2) is 0 Å². The van der Waals surface area contributed by atoms with Gasteiger partial charge in [-0.3, -0.25) is 9.69 Å². The van der Waals surface area contributed by atoms with Gasteiger partial charge in [-0.1, -0.05) is 30.3 Å². The smallest absolute Gasteiger partial charge is 0.324 e. The van der Waals surface area contributed by atoms with E-state index < -0.39 is 6.04 Å². The van der Waals surface area contributed by atoms with E-state index >= 15 is 0 Å². The number of imide groups is 1. The van der Waals surface area contributed by atoms with Crippen molar-refractivity contribution in [2.24, 2.45) is 0 Å². The Morgan fingerprint density at radius 2 is 2.05 bits per heavy atom. The SMILES string of the molecule is O=C1N[C@@H](Cc2ccccc2)C(=O)N1C[C@H]1CCCO1. The van der Waals surface area contributed by atoms with E-state index in [4.69, 9.17) is 4.74 Å².